The molecule has 0 bridgehead atoms. The van der Waals surface area contributed by atoms with Gasteiger partial charge in [-0.2, -0.15) is 0 Å². The van der Waals surface area contributed by atoms with Crippen molar-refractivity contribution in [2.24, 2.45) is 0 Å². The van der Waals surface area contributed by atoms with Gasteiger partial charge in [0.15, 0.2) is 0 Å². The molecule has 0 fully saturated rings. The third-order valence-electron chi connectivity index (χ3n) is 3.37. The van der Waals surface area contributed by atoms with E-state index in [0.29, 0.717) is 0 Å². The van der Waals surface area contributed by atoms with Gasteiger partial charge in [-0.25, -0.2) is 0 Å². The van der Waals surface area contributed by atoms with Gasteiger partial charge in [0.2, 0.25) is 0 Å². The zero-order valence-electron chi connectivity index (χ0n) is 12.9. The quantitative estimate of drug-likeness (QED) is 0.734. The lowest BCUT2D eigenvalue weighted by Gasteiger charge is -2.22. The molecule has 0 unspecified atom stereocenters. The molecule has 2 heteroatoms. The highest BCUT2D eigenvalue weighted by atomic mass is 16.2. The highest BCUT2D eigenvalue weighted by molar-refractivity contribution is 5.41. The van der Waals surface area contributed by atoms with Gasteiger partial charge in [-0.15, -0.1) is 0 Å². The molecule has 110 valence electrons. The SMILES string of the molecule is CCCCN(CCCC)Cc1ccccc1C#CCO. The topological polar surface area (TPSA) is 23.5 Å². The lowest BCUT2D eigenvalue weighted by atomic mass is 10.1. The van der Waals surface area contributed by atoms with Crippen LogP contribution in [0.2, 0.25) is 0 Å². The lowest BCUT2D eigenvalue weighted by Crippen LogP contribution is -2.26. The maximum Gasteiger partial charge on any atom is 0.104 e. The van der Waals surface area contributed by atoms with Crippen LogP contribution in [0.4, 0.5) is 0 Å². The molecule has 0 saturated heterocycles. The van der Waals surface area contributed by atoms with Crippen molar-refractivity contribution in [2.45, 2.75) is 46.1 Å². The first-order chi connectivity index (χ1) is 9.81. The van der Waals surface area contributed by atoms with Gasteiger partial charge in [-0.05, 0) is 37.6 Å². The first kappa shape index (κ1) is 16.8. The van der Waals surface area contributed by atoms with Crippen LogP contribution >= 0.6 is 0 Å². The van der Waals surface area contributed by atoms with Gasteiger partial charge in [-0.3, -0.25) is 4.90 Å². The summed E-state index contributed by atoms with van der Waals surface area (Å²) in [7, 11) is 0. The lowest BCUT2D eigenvalue weighted by molar-refractivity contribution is 0.257. The summed E-state index contributed by atoms with van der Waals surface area (Å²) in [5.41, 5.74) is 2.31. The fraction of sp³-hybridized carbons (Fsp3) is 0.556. The van der Waals surface area contributed by atoms with Crippen LogP contribution in [0, 0.1) is 11.8 Å². The number of benzene rings is 1. The molecular formula is C18H27NO. The van der Waals surface area contributed by atoms with E-state index in [0.717, 1.165) is 25.2 Å². The van der Waals surface area contributed by atoms with Crippen molar-refractivity contribution in [3.8, 4) is 11.8 Å². The van der Waals surface area contributed by atoms with E-state index in [4.69, 9.17) is 5.11 Å². The Morgan fingerprint density at radius 2 is 1.70 bits per heavy atom. The van der Waals surface area contributed by atoms with Crippen LogP contribution in [0.1, 0.15) is 50.7 Å². The van der Waals surface area contributed by atoms with Crippen molar-refractivity contribution in [2.75, 3.05) is 19.7 Å². The Balaban J connectivity index is 2.75. The molecule has 0 radical (unpaired) electrons. The molecule has 20 heavy (non-hydrogen) atoms. The summed E-state index contributed by atoms with van der Waals surface area (Å²) in [6.45, 7) is 7.65. The maximum absolute atomic E-state index is 8.85. The highest BCUT2D eigenvalue weighted by Gasteiger charge is 2.07. The number of aliphatic hydroxyl groups excluding tert-OH is 1. The Hall–Kier alpha value is -1.30. The molecule has 0 atom stereocenters. The van der Waals surface area contributed by atoms with E-state index in [9.17, 15) is 0 Å². The average Bonchev–Trinajstić information content (AvgIpc) is 2.49. The molecule has 2 nitrogen and oxygen atoms in total. The van der Waals surface area contributed by atoms with E-state index in [1.54, 1.807) is 0 Å². The standard InChI is InChI=1S/C18H27NO/c1-3-5-13-19(14-6-4-2)16-18-11-8-7-10-17(18)12-9-15-20/h7-8,10-11,20H,3-6,13-16H2,1-2H3. The Labute approximate surface area is 123 Å². The van der Waals surface area contributed by atoms with E-state index in [1.807, 2.05) is 12.1 Å². The summed E-state index contributed by atoms with van der Waals surface area (Å²) in [4.78, 5) is 2.52. The van der Waals surface area contributed by atoms with Crippen LogP contribution in [-0.2, 0) is 6.54 Å². The minimum atomic E-state index is -0.0796. The Morgan fingerprint density at radius 3 is 2.30 bits per heavy atom. The maximum atomic E-state index is 8.85. The normalized spacial score (nSPS) is 10.4. The predicted octanol–water partition coefficient (Wildman–Crippen LogP) is 3.43. The molecule has 0 aromatic heterocycles. The highest BCUT2D eigenvalue weighted by Crippen LogP contribution is 2.12. The van der Waals surface area contributed by atoms with E-state index >= 15 is 0 Å². The molecule has 1 aromatic carbocycles. The first-order valence-electron chi connectivity index (χ1n) is 7.71. The van der Waals surface area contributed by atoms with E-state index < -0.39 is 0 Å². The molecule has 0 spiro atoms. The van der Waals surface area contributed by atoms with Crippen molar-refractivity contribution in [1.82, 2.24) is 4.90 Å². The Kier molecular flexibility index (Phi) is 8.78. The van der Waals surface area contributed by atoms with Gasteiger partial charge in [0.1, 0.15) is 6.61 Å². The summed E-state index contributed by atoms with van der Waals surface area (Å²) in [5, 5.41) is 8.85. The van der Waals surface area contributed by atoms with Crippen LogP contribution in [0.3, 0.4) is 0 Å². The fourth-order valence-corrected chi connectivity index (χ4v) is 2.19. The number of aliphatic hydroxyl groups is 1. The van der Waals surface area contributed by atoms with E-state index in [2.05, 4.69) is 42.7 Å². The van der Waals surface area contributed by atoms with Gasteiger partial charge in [0.25, 0.3) is 0 Å². The fourth-order valence-electron chi connectivity index (χ4n) is 2.19. The monoisotopic (exact) mass is 273 g/mol. The van der Waals surface area contributed by atoms with E-state index in [1.165, 1.54) is 31.2 Å². The zero-order chi connectivity index (χ0) is 14.6. The summed E-state index contributed by atoms with van der Waals surface area (Å²) < 4.78 is 0. The summed E-state index contributed by atoms with van der Waals surface area (Å²) in [6.07, 6.45) is 4.95. The van der Waals surface area contributed by atoms with Gasteiger partial charge >= 0.3 is 0 Å². The van der Waals surface area contributed by atoms with Crippen molar-refractivity contribution in [3.63, 3.8) is 0 Å². The minimum absolute atomic E-state index is 0.0796. The number of hydrogen-bond acceptors (Lipinski definition) is 2. The molecule has 1 N–H and O–H groups in total. The second kappa shape index (κ2) is 10.5. The first-order valence-corrected chi connectivity index (χ1v) is 7.71. The van der Waals surface area contributed by atoms with Gasteiger partial charge < -0.3 is 5.11 Å². The van der Waals surface area contributed by atoms with Crippen LogP contribution in [0.5, 0.6) is 0 Å². The molecule has 0 saturated carbocycles. The summed E-state index contributed by atoms with van der Waals surface area (Å²) in [5.74, 6) is 5.81. The van der Waals surface area contributed by atoms with Gasteiger partial charge in [0.05, 0.1) is 0 Å². The molecular weight excluding hydrogens is 246 g/mol. The Bertz CT molecular complexity index is 423. The summed E-state index contributed by atoms with van der Waals surface area (Å²) in [6, 6.07) is 8.26. The number of hydrogen-bond donors (Lipinski definition) is 1. The van der Waals surface area contributed by atoms with Crippen LogP contribution in [0.25, 0.3) is 0 Å². The third kappa shape index (κ3) is 6.23. The van der Waals surface area contributed by atoms with Gasteiger partial charge in [-0.1, -0.05) is 56.7 Å². The number of rotatable bonds is 8. The average molecular weight is 273 g/mol. The smallest absolute Gasteiger partial charge is 0.104 e. The predicted molar refractivity (Wildman–Crippen MR) is 85.5 cm³/mol. The Morgan fingerprint density at radius 1 is 1.05 bits per heavy atom. The molecule has 0 amide bonds. The molecule has 0 heterocycles. The molecule has 0 aliphatic carbocycles. The summed E-state index contributed by atoms with van der Waals surface area (Å²) >= 11 is 0. The number of nitrogens with zero attached hydrogens (tertiary/aromatic N) is 1. The molecule has 1 aromatic rings. The van der Waals surface area contributed by atoms with Crippen LogP contribution in [-0.4, -0.2) is 29.7 Å². The van der Waals surface area contributed by atoms with Crippen molar-refractivity contribution in [1.29, 1.82) is 0 Å². The minimum Gasteiger partial charge on any atom is -0.384 e. The van der Waals surface area contributed by atoms with E-state index in [-0.39, 0.29) is 6.61 Å². The largest absolute Gasteiger partial charge is 0.384 e. The number of unbranched alkanes of at least 4 members (excludes halogenated alkanes) is 2. The van der Waals surface area contributed by atoms with Crippen molar-refractivity contribution >= 4 is 0 Å². The second-order valence-electron chi connectivity index (χ2n) is 5.10. The molecule has 0 aliphatic heterocycles. The van der Waals surface area contributed by atoms with Crippen LogP contribution in [0.15, 0.2) is 24.3 Å². The molecule has 1 rings (SSSR count). The van der Waals surface area contributed by atoms with Gasteiger partial charge in [0, 0.05) is 12.1 Å². The van der Waals surface area contributed by atoms with Crippen molar-refractivity contribution < 1.29 is 5.11 Å². The molecule has 0 aliphatic rings. The van der Waals surface area contributed by atoms with Crippen LogP contribution < -0.4 is 0 Å². The second-order valence-corrected chi connectivity index (χ2v) is 5.10. The third-order valence-corrected chi connectivity index (χ3v) is 3.37. The zero-order valence-corrected chi connectivity index (χ0v) is 12.9. The van der Waals surface area contributed by atoms with Crippen molar-refractivity contribution in [3.05, 3.63) is 35.4 Å².